The maximum Gasteiger partial charge on any atom is 0.347 e. The minimum atomic E-state index is -0.406. The van der Waals surface area contributed by atoms with Crippen molar-refractivity contribution in [3.8, 4) is 0 Å². The normalized spacial score (nSPS) is 24.6. The van der Waals surface area contributed by atoms with E-state index in [2.05, 4.69) is 32.3 Å². The van der Waals surface area contributed by atoms with E-state index < -0.39 is 6.04 Å². The molecular weight excluding hydrogens is 292 g/mol. The second kappa shape index (κ2) is 3.33. The molecular formula is C6H8Br2N2O2. The number of hydrogen-bond donors (Lipinski definition) is 0. The minimum absolute atomic E-state index is 0.100. The summed E-state index contributed by atoms with van der Waals surface area (Å²) in [5, 5.41) is 0. The van der Waals surface area contributed by atoms with Crippen molar-refractivity contribution in [1.82, 2.24) is 7.85 Å². The van der Waals surface area contributed by atoms with Crippen LogP contribution in [0.25, 0.3) is 0 Å². The van der Waals surface area contributed by atoms with Gasteiger partial charge in [0.1, 0.15) is 6.04 Å². The molecule has 1 aliphatic rings. The molecule has 0 saturated carbocycles. The number of rotatable bonds is 1. The Hall–Kier alpha value is -0.100. The van der Waals surface area contributed by atoms with Crippen molar-refractivity contribution < 1.29 is 9.59 Å². The van der Waals surface area contributed by atoms with Crippen LogP contribution in [-0.2, 0) is 4.79 Å². The highest BCUT2D eigenvalue weighted by Gasteiger charge is 2.44. The molecule has 0 spiro atoms. The van der Waals surface area contributed by atoms with Crippen LogP contribution in [0.1, 0.15) is 13.8 Å². The number of hydrogen-bond acceptors (Lipinski definition) is 2. The molecule has 68 valence electrons. The lowest BCUT2D eigenvalue weighted by Crippen LogP contribution is -2.32. The summed E-state index contributed by atoms with van der Waals surface area (Å²) in [6.07, 6.45) is 0. The van der Waals surface area contributed by atoms with Gasteiger partial charge in [-0.3, -0.25) is 4.79 Å². The highest BCUT2D eigenvalue weighted by atomic mass is 79.9. The van der Waals surface area contributed by atoms with Gasteiger partial charge in [0, 0.05) is 0 Å². The van der Waals surface area contributed by atoms with Crippen molar-refractivity contribution in [3.05, 3.63) is 0 Å². The molecule has 12 heavy (non-hydrogen) atoms. The fourth-order valence-corrected chi connectivity index (χ4v) is 2.46. The van der Waals surface area contributed by atoms with E-state index in [9.17, 15) is 9.59 Å². The van der Waals surface area contributed by atoms with Gasteiger partial charge in [0.2, 0.25) is 0 Å². The zero-order valence-corrected chi connectivity index (χ0v) is 9.79. The van der Waals surface area contributed by atoms with E-state index in [1.54, 1.807) is 0 Å². The Morgan fingerprint density at radius 2 is 1.83 bits per heavy atom. The van der Waals surface area contributed by atoms with E-state index >= 15 is 0 Å². The third-order valence-electron chi connectivity index (χ3n) is 1.67. The molecule has 0 N–H and O–H groups in total. The smallest absolute Gasteiger partial charge is 0.271 e. The molecule has 1 heterocycles. The molecule has 6 heteroatoms. The van der Waals surface area contributed by atoms with Crippen molar-refractivity contribution in [3.63, 3.8) is 0 Å². The third-order valence-corrected chi connectivity index (χ3v) is 3.07. The van der Waals surface area contributed by atoms with Gasteiger partial charge < -0.3 is 0 Å². The number of urea groups is 1. The summed E-state index contributed by atoms with van der Waals surface area (Å²) in [4.78, 5) is 22.5. The Kier molecular flexibility index (Phi) is 2.77. The van der Waals surface area contributed by atoms with Gasteiger partial charge in [-0.25, -0.2) is 8.72 Å². The molecule has 0 aliphatic carbocycles. The number of nitrogens with zero attached hydrogens (tertiary/aromatic N) is 2. The molecule has 1 fully saturated rings. The zero-order valence-electron chi connectivity index (χ0n) is 6.62. The molecule has 3 amide bonds. The van der Waals surface area contributed by atoms with Crippen LogP contribution in [0.2, 0.25) is 0 Å². The van der Waals surface area contributed by atoms with Crippen LogP contribution in [-0.4, -0.2) is 25.8 Å². The summed E-state index contributed by atoms with van der Waals surface area (Å²) >= 11 is 5.92. The maximum atomic E-state index is 11.4. The van der Waals surface area contributed by atoms with Crippen LogP contribution in [0.15, 0.2) is 0 Å². The molecule has 0 radical (unpaired) electrons. The van der Waals surface area contributed by atoms with Gasteiger partial charge in [-0.1, -0.05) is 13.8 Å². The van der Waals surface area contributed by atoms with Crippen LogP contribution in [0.3, 0.4) is 0 Å². The number of halogens is 2. The molecule has 1 rings (SSSR count). The van der Waals surface area contributed by atoms with Crippen LogP contribution in [0, 0.1) is 5.92 Å². The average molecular weight is 300 g/mol. The van der Waals surface area contributed by atoms with Gasteiger partial charge in [0.15, 0.2) is 0 Å². The number of carbonyl (C=O) groups is 2. The molecule has 0 aromatic carbocycles. The van der Waals surface area contributed by atoms with Crippen LogP contribution in [0.4, 0.5) is 4.79 Å². The third kappa shape index (κ3) is 1.37. The first-order valence-electron chi connectivity index (χ1n) is 3.45. The summed E-state index contributed by atoms with van der Waals surface area (Å²) in [5.41, 5.74) is 0. The van der Waals surface area contributed by atoms with Gasteiger partial charge in [-0.15, -0.1) is 0 Å². The van der Waals surface area contributed by atoms with E-state index in [4.69, 9.17) is 0 Å². The number of imide groups is 1. The first kappa shape index (κ1) is 9.98. The van der Waals surface area contributed by atoms with Crippen molar-refractivity contribution in [1.29, 1.82) is 0 Å². The van der Waals surface area contributed by atoms with Gasteiger partial charge in [0.25, 0.3) is 5.91 Å². The molecule has 1 aliphatic heterocycles. The van der Waals surface area contributed by atoms with Gasteiger partial charge in [-0.2, -0.15) is 3.93 Å². The maximum absolute atomic E-state index is 11.4. The monoisotopic (exact) mass is 298 g/mol. The molecule has 0 aromatic heterocycles. The highest BCUT2D eigenvalue weighted by molar-refractivity contribution is 9.08. The molecule has 0 bridgehead atoms. The number of carbonyl (C=O) groups excluding carboxylic acids is 2. The molecule has 4 nitrogen and oxygen atoms in total. The Morgan fingerprint density at radius 3 is 2.00 bits per heavy atom. The molecule has 1 unspecified atom stereocenters. The average Bonchev–Trinajstić information content (AvgIpc) is 2.16. The van der Waals surface area contributed by atoms with E-state index in [0.717, 1.165) is 3.93 Å². The Balaban J connectivity index is 2.91. The van der Waals surface area contributed by atoms with Crippen LogP contribution in [0.5, 0.6) is 0 Å². The van der Waals surface area contributed by atoms with E-state index in [1.165, 1.54) is 3.93 Å². The lowest BCUT2D eigenvalue weighted by atomic mass is 10.1. The highest BCUT2D eigenvalue weighted by Crippen LogP contribution is 2.28. The van der Waals surface area contributed by atoms with Gasteiger partial charge in [-0.05, 0) is 5.92 Å². The van der Waals surface area contributed by atoms with Gasteiger partial charge >= 0.3 is 6.03 Å². The van der Waals surface area contributed by atoms with Crippen molar-refractivity contribution >= 4 is 44.2 Å². The van der Waals surface area contributed by atoms with E-state index in [0.29, 0.717) is 0 Å². The first-order valence-corrected chi connectivity index (χ1v) is 4.87. The van der Waals surface area contributed by atoms with Crippen LogP contribution >= 0.6 is 32.3 Å². The number of amides is 3. The SMILES string of the molecule is CC(C)C1C(=O)N(Br)C(=O)N1Br. The topological polar surface area (TPSA) is 40.6 Å². The summed E-state index contributed by atoms with van der Waals surface area (Å²) in [5.74, 6) is -0.129. The minimum Gasteiger partial charge on any atom is -0.271 e. The quantitative estimate of drug-likeness (QED) is 0.548. The lowest BCUT2D eigenvalue weighted by Gasteiger charge is -2.16. The molecule has 1 atom stereocenters. The van der Waals surface area contributed by atoms with Crippen molar-refractivity contribution in [2.24, 2.45) is 5.92 Å². The second-order valence-electron chi connectivity index (χ2n) is 2.90. The summed E-state index contributed by atoms with van der Waals surface area (Å²) < 4.78 is 2.20. The molecule has 1 saturated heterocycles. The van der Waals surface area contributed by atoms with E-state index in [-0.39, 0.29) is 17.9 Å². The van der Waals surface area contributed by atoms with Crippen LogP contribution < -0.4 is 0 Å². The summed E-state index contributed by atoms with van der Waals surface area (Å²) in [7, 11) is 0. The second-order valence-corrected chi connectivity index (χ2v) is 4.38. The summed E-state index contributed by atoms with van der Waals surface area (Å²) in [6, 6.07) is -0.782. The fourth-order valence-electron chi connectivity index (χ4n) is 1.06. The Bertz CT molecular complexity index is 232. The Labute approximate surface area is 87.6 Å². The predicted octanol–water partition coefficient (Wildman–Crippen LogP) is 1.90. The molecule has 0 aromatic rings. The largest absolute Gasteiger partial charge is 0.347 e. The van der Waals surface area contributed by atoms with E-state index in [1.807, 2.05) is 13.8 Å². The van der Waals surface area contributed by atoms with Gasteiger partial charge in [0.05, 0.1) is 32.3 Å². The lowest BCUT2D eigenvalue weighted by molar-refractivity contribution is -0.125. The van der Waals surface area contributed by atoms with Crippen molar-refractivity contribution in [2.45, 2.75) is 19.9 Å². The first-order chi connectivity index (χ1) is 5.46. The predicted molar refractivity (Wildman–Crippen MR) is 50.6 cm³/mol. The van der Waals surface area contributed by atoms with Crippen molar-refractivity contribution in [2.75, 3.05) is 0 Å². The fraction of sp³-hybridized carbons (Fsp3) is 0.667. The standard InChI is InChI=1S/C6H8Br2N2O2/c1-3(2)4-5(11)10(8)6(12)9(4)7/h3-4H,1-2H3. The Morgan fingerprint density at radius 1 is 1.33 bits per heavy atom. The summed E-state index contributed by atoms with van der Waals surface area (Å²) in [6.45, 7) is 3.77. The zero-order chi connectivity index (χ0) is 9.46.